The second-order valence-electron chi connectivity index (χ2n) is 4.84. The first-order chi connectivity index (χ1) is 11.4. The fraction of sp³-hybridized carbons (Fsp3) is 0.250. The second kappa shape index (κ2) is 8.67. The largest absolute Gasteiger partial charge is 0.465 e. The van der Waals surface area contributed by atoms with Crippen molar-refractivity contribution in [1.82, 2.24) is 5.32 Å². The number of anilines is 1. The summed E-state index contributed by atoms with van der Waals surface area (Å²) < 4.78 is 4.81. The van der Waals surface area contributed by atoms with Gasteiger partial charge in [-0.15, -0.1) is 11.3 Å². The Balaban J connectivity index is 2.04. The molecular formula is C16H16Cl2N2O2S2. The van der Waals surface area contributed by atoms with Gasteiger partial charge in [-0.05, 0) is 42.4 Å². The highest BCUT2D eigenvalue weighted by Gasteiger charge is 2.17. The van der Waals surface area contributed by atoms with Crippen molar-refractivity contribution in [2.45, 2.75) is 19.9 Å². The van der Waals surface area contributed by atoms with Crippen LogP contribution in [0.2, 0.25) is 10.0 Å². The Morgan fingerprint density at radius 3 is 2.71 bits per heavy atom. The molecule has 128 valence electrons. The Kier molecular flexibility index (Phi) is 6.86. The van der Waals surface area contributed by atoms with Crippen molar-refractivity contribution >= 4 is 62.8 Å². The summed E-state index contributed by atoms with van der Waals surface area (Å²) in [6.07, 6.45) is 0.830. The molecule has 2 aromatic rings. The molecule has 1 heterocycles. The lowest BCUT2D eigenvalue weighted by Crippen LogP contribution is -2.28. The summed E-state index contributed by atoms with van der Waals surface area (Å²) in [7, 11) is 1.36. The standard InChI is InChI=1S/C16H16Cl2N2O2S2/c1-3-11-7-12(15(21)22-2)14(24-11)20-16(23)19-8-9-4-5-10(17)6-13(9)18/h4-7H,3,8H2,1-2H3,(H2,19,20,23). The van der Waals surface area contributed by atoms with E-state index in [1.807, 2.05) is 19.1 Å². The van der Waals surface area contributed by atoms with Crippen LogP contribution in [0.4, 0.5) is 5.00 Å². The Hall–Kier alpha value is -1.34. The molecule has 0 amide bonds. The van der Waals surface area contributed by atoms with Gasteiger partial charge in [0.25, 0.3) is 0 Å². The second-order valence-corrected chi connectivity index (χ2v) is 7.23. The van der Waals surface area contributed by atoms with E-state index in [0.29, 0.717) is 32.3 Å². The molecule has 0 aliphatic carbocycles. The van der Waals surface area contributed by atoms with Gasteiger partial charge in [0.1, 0.15) is 5.00 Å². The molecule has 0 bridgehead atoms. The molecule has 0 spiro atoms. The molecule has 0 saturated heterocycles. The van der Waals surface area contributed by atoms with Gasteiger partial charge in [-0.2, -0.15) is 0 Å². The predicted molar refractivity (Wildman–Crippen MR) is 105 cm³/mol. The van der Waals surface area contributed by atoms with E-state index in [-0.39, 0.29) is 0 Å². The van der Waals surface area contributed by atoms with Crippen molar-refractivity contribution in [1.29, 1.82) is 0 Å². The number of carbonyl (C=O) groups is 1. The average molecular weight is 403 g/mol. The highest BCUT2D eigenvalue weighted by molar-refractivity contribution is 7.80. The minimum Gasteiger partial charge on any atom is -0.465 e. The molecule has 2 N–H and O–H groups in total. The molecular weight excluding hydrogens is 387 g/mol. The fourth-order valence-electron chi connectivity index (χ4n) is 1.96. The molecule has 0 unspecified atom stereocenters. The van der Waals surface area contributed by atoms with Gasteiger partial charge in [-0.1, -0.05) is 36.2 Å². The smallest absolute Gasteiger partial charge is 0.340 e. The van der Waals surface area contributed by atoms with Gasteiger partial charge in [-0.25, -0.2) is 4.79 Å². The van der Waals surface area contributed by atoms with Gasteiger partial charge in [0.15, 0.2) is 5.11 Å². The zero-order chi connectivity index (χ0) is 17.7. The number of hydrogen-bond acceptors (Lipinski definition) is 4. The van der Waals surface area contributed by atoms with Gasteiger partial charge in [0, 0.05) is 21.5 Å². The minimum atomic E-state index is -0.392. The van der Waals surface area contributed by atoms with Crippen LogP contribution in [0.25, 0.3) is 0 Å². The van der Waals surface area contributed by atoms with Crippen LogP contribution >= 0.6 is 46.8 Å². The number of aryl methyl sites for hydroxylation is 1. The molecule has 1 aromatic carbocycles. The normalized spacial score (nSPS) is 10.3. The maximum absolute atomic E-state index is 11.9. The SMILES string of the molecule is CCc1cc(C(=O)OC)c(NC(=S)NCc2ccc(Cl)cc2Cl)s1. The molecule has 24 heavy (non-hydrogen) atoms. The lowest BCUT2D eigenvalue weighted by molar-refractivity contribution is 0.0602. The Bertz CT molecular complexity index is 763. The summed E-state index contributed by atoms with van der Waals surface area (Å²) in [6.45, 7) is 2.47. The summed E-state index contributed by atoms with van der Waals surface area (Å²) in [5, 5.41) is 8.33. The molecule has 0 fully saturated rings. The molecule has 0 saturated carbocycles. The van der Waals surface area contributed by atoms with E-state index in [1.165, 1.54) is 18.4 Å². The topological polar surface area (TPSA) is 50.4 Å². The van der Waals surface area contributed by atoms with Crippen molar-refractivity contribution < 1.29 is 9.53 Å². The van der Waals surface area contributed by atoms with Gasteiger partial charge < -0.3 is 15.4 Å². The third-order valence-corrected chi connectivity index (χ3v) is 5.25. The lowest BCUT2D eigenvalue weighted by Gasteiger charge is -2.11. The maximum atomic E-state index is 11.9. The number of hydrogen-bond donors (Lipinski definition) is 2. The number of benzene rings is 1. The van der Waals surface area contributed by atoms with Crippen LogP contribution in [0.15, 0.2) is 24.3 Å². The van der Waals surface area contributed by atoms with Crippen molar-refractivity contribution in [3.8, 4) is 0 Å². The molecule has 0 atom stereocenters. The molecule has 1 aromatic heterocycles. The molecule has 4 nitrogen and oxygen atoms in total. The van der Waals surface area contributed by atoms with E-state index in [9.17, 15) is 4.79 Å². The summed E-state index contributed by atoms with van der Waals surface area (Å²) in [5.74, 6) is -0.392. The number of nitrogens with one attached hydrogen (secondary N) is 2. The van der Waals surface area contributed by atoms with Crippen LogP contribution in [-0.4, -0.2) is 18.2 Å². The van der Waals surface area contributed by atoms with Crippen LogP contribution in [0.5, 0.6) is 0 Å². The van der Waals surface area contributed by atoms with Crippen LogP contribution in [0.3, 0.4) is 0 Å². The molecule has 0 aliphatic heterocycles. The van der Waals surface area contributed by atoms with Crippen molar-refractivity contribution in [2.24, 2.45) is 0 Å². The van der Waals surface area contributed by atoms with Crippen molar-refractivity contribution in [3.63, 3.8) is 0 Å². The summed E-state index contributed by atoms with van der Waals surface area (Å²) in [5.41, 5.74) is 1.35. The van der Waals surface area contributed by atoms with Crippen LogP contribution in [-0.2, 0) is 17.7 Å². The molecule has 0 aliphatic rings. The highest BCUT2D eigenvalue weighted by Crippen LogP contribution is 2.29. The Morgan fingerprint density at radius 1 is 1.33 bits per heavy atom. The fourth-order valence-corrected chi connectivity index (χ4v) is 3.66. The van der Waals surface area contributed by atoms with Crippen LogP contribution < -0.4 is 10.6 Å². The third-order valence-electron chi connectivity index (χ3n) is 3.22. The van der Waals surface area contributed by atoms with Gasteiger partial charge in [0.2, 0.25) is 0 Å². The zero-order valence-electron chi connectivity index (χ0n) is 13.1. The lowest BCUT2D eigenvalue weighted by atomic mass is 10.2. The number of thiocarbonyl (C=S) groups is 1. The highest BCUT2D eigenvalue weighted by atomic mass is 35.5. The molecule has 8 heteroatoms. The number of carbonyl (C=O) groups excluding carboxylic acids is 1. The van der Waals surface area contributed by atoms with Gasteiger partial charge in [0.05, 0.1) is 12.7 Å². The van der Waals surface area contributed by atoms with Crippen molar-refractivity contribution in [2.75, 3.05) is 12.4 Å². The number of methoxy groups -OCH3 is 1. The first-order valence-corrected chi connectivity index (χ1v) is 9.12. The number of esters is 1. The van der Waals surface area contributed by atoms with E-state index < -0.39 is 5.97 Å². The van der Waals surface area contributed by atoms with Crippen LogP contribution in [0.1, 0.15) is 27.7 Å². The number of thiophene rings is 1. The predicted octanol–water partition coefficient (Wildman–Crippen LogP) is 4.89. The third kappa shape index (κ3) is 4.83. The van der Waals surface area contributed by atoms with E-state index in [2.05, 4.69) is 10.6 Å². The molecule has 0 radical (unpaired) electrons. The molecule has 2 rings (SSSR count). The summed E-state index contributed by atoms with van der Waals surface area (Å²) in [4.78, 5) is 12.9. The first kappa shape index (κ1) is 19.0. The van der Waals surface area contributed by atoms with Crippen LogP contribution in [0, 0.1) is 0 Å². The first-order valence-electron chi connectivity index (χ1n) is 7.14. The van der Waals surface area contributed by atoms with Crippen molar-refractivity contribution in [3.05, 3.63) is 50.3 Å². The quantitative estimate of drug-likeness (QED) is 0.550. The van der Waals surface area contributed by atoms with Gasteiger partial charge in [-0.3, -0.25) is 0 Å². The zero-order valence-corrected chi connectivity index (χ0v) is 16.3. The van der Waals surface area contributed by atoms with E-state index in [4.69, 9.17) is 40.2 Å². The monoisotopic (exact) mass is 402 g/mol. The minimum absolute atomic E-state index is 0.392. The maximum Gasteiger partial charge on any atom is 0.340 e. The summed E-state index contributed by atoms with van der Waals surface area (Å²) >= 11 is 18.8. The van der Waals surface area contributed by atoms with E-state index in [0.717, 1.165) is 16.9 Å². The number of rotatable bonds is 5. The van der Waals surface area contributed by atoms with Gasteiger partial charge >= 0.3 is 5.97 Å². The average Bonchev–Trinajstić information content (AvgIpc) is 2.96. The van der Waals surface area contributed by atoms with E-state index in [1.54, 1.807) is 12.1 Å². The summed E-state index contributed by atoms with van der Waals surface area (Å²) in [6, 6.07) is 7.10. The number of ether oxygens (including phenoxy) is 1. The Labute approximate surface area is 160 Å². The number of halogens is 2. The Morgan fingerprint density at radius 2 is 2.08 bits per heavy atom. The van der Waals surface area contributed by atoms with E-state index >= 15 is 0 Å².